The molecular formula is C21H28N4O2S. The maximum absolute atomic E-state index is 12.1. The van der Waals surface area contributed by atoms with Crippen molar-refractivity contribution in [3.8, 4) is 0 Å². The number of nitrogens with one attached hydrogen (secondary N) is 3. The maximum Gasteiger partial charge on any atom is 0.319 e. The van der Waals surface area contributed by atoms with E-state index in [0.29, 0.717) is 19.0 Å². The van der Waals surface area contributed by atoms with Crippen LogP contribution in [-0.4, -0.2) is 43.0 Å². The van der Waals surface area contributed by atoms with Gasteiger partial charge in [0.15, 0.2) is 0 Å². The molecule has 1 saturated heterocycles. The van der Waals surface area contributed by atoms with E-state index in [4.69, 9.17) is 0 Å². The Morgan fingerprint density at radius 3 is 2.75 bits per heavy atom. The SMILES string of the molecule is O=C(CCNC(=O)Nc1ccccc1)NCC1CCCN(Cc2cccs2)C1. The standard InChI is InChI=1S/C21H28N4O2S/c26-20(10-11-22-21(27)24-18-7-2-1-3-8-18)23-14-17-6-4-12-25(15-17)16-19-9-5-13-28-19/h1-3,5,7-9,13,17H,4,6,10-12,14-16H2,(H,23,26)(H2,22,24,27). The van der Waals surface area contributed by atoms with Gasteiger partial charge in [0.05, 0.1) is 0 Å². The third-order valence-electron chi connectivity index (χ3n) is 4.82. The van der Waals surface area contributed by atoms with Crippen LogP contribution in [0.5, 0.6) is 0 Å². The van der Waals surface area contributed by atoms with Crippen molar-refractivity contribution < 1.29 is 9.59 Å². The summed E-state index contributed by atoms with van der Waals surface area (Å²) in [6.45, 7) is 4.18. The molecule has 7 heteroatoms. The summed E-state index contributed by atoms with van der Waals surface area (Å²) < 4.78 is 0. The average Bonchev–Trinajstić information content (AvgIpc) is 3.20. The molecule has 1 atom stereocenters. The first-order valence-electron chi connectivity index (χ1n) is 9.80. The zero-order chi connectivity index (χ0) is 19.6. The molecular weight excluding hydrogens is 372 g/mol. The van der Waals surface area contributed by atoms with E-state index in [2.05, 4.69) is 38.4 Å². The molecule has 3 rings (SSSR count). The lowest BCUT2D eigenvalue weighted by atomic mass is 9.98. The zero-order valence-corrected chi connectivity index (χ0v) is 16.8. The average molecular weight is 401 g/mol. The second-order valence-corrected chi connectivity index (χ2v) is 8.16. The normalized spacial score (nSPS) is 17.1. The van der Waals surface area contributed by atoms with Crippen molar-refractivity contribution in [1.82, 2.24) is 15.5 Å². The number of benzene rings is 1. The van der Waals surface area contributed by atoms with Crippen molar-refractivity contribution in [2.45, 2.75) is 25.8 Å². The lowest BCUT2D eigenvalue weighted by Crippen LogP contribution is -2.41. The number of amides is 3. The number of carbonyl (C=O) groups excluding carboxylic acids is 2. The number of urea groups is 1. The molecule has 3 amide bonds. The summed E-state index contributed by atoms with van der Waals surface area (Å²) in [4.78, 5) is 27.7. The number of nitrogens with zero attached hydrogens (tertiary/aromatic N) is 1. The Kier molecular flexibility index (Phi) is 7.87. The Balaban J connectivity index is 1.29. The van der Waals surface area contributed by atoms with Gasteiger partial charge in [-0.05, 0) is 48.9 Å². The van der Waals surface area contributed by atoms with Crippen LogP contribution in [0.3, 0.4) is 0 Å². The van der Waals surface area contributed by atoms with Gasteiger partial charge in [-0.3, -0.25) is 9.69 Å². The highest BCUT2D eigenvalue weighted by Gasteiger charge is 2.20. The molecule has 150 valence electrons. The number of thiophene rings is 1. The van der Waals surface area contributed by atoms with Gasteiger partial charge >= 0.3 is 6.03 Å². The van der Waals surface area contributed by atoms with Crippen molar-refractivity contribution in [2.24, 2.45) is 5.92 Å². The minimum absolute atomic E-state index is 0.0182. The Bertz CT molecular complexity index is 736. The van der Waals surface area contributed by atoms with E-state index in [1.165, 1.54) is 11.3 Å². The molecule has 0 bridgehead atoms. The predicted molar refractivity (Wildman–Crippen MR) is 113 cm³/mol. The highest BCUT2D eigenvalue weighted by atomic mass is 32.1. The molecule has 0 radical (unpaired) electrons. The van der Waals surface area contributed by atoms with Crippen LogP contribution in [0.4, 0.5) is 10.5 Å². The Labute approximate surface area is 170 Å². The number of piperidine rings is 1. The third-order valence-corrected chi connectivity index (χ3v) is 5.68. The van der Waals surface area contributed by atoms with Crippen LogP contribution in [0, 0.1) is 5.92 Å². The van der Waals surface area contributed by atoms with E-state index in [-0.39, 0.29) is 18.4 Å². The first kappa shape index (κ1) is 20.4. The van der Waals surface area contributed by atoms with E-state index in [1.807, 2.05) is 30.3 Å². The predicted octanol–water partition coefficient (Wildman–Crippen LogP) is 3.29. The molecule has 1 fully saturated rings. The number of hydrogen-bond acceptors (Lipinski definition) is 4. The maximum atomic E-state index is 12.1. The fourth-order valence-corrected chi connectivity index (χ4v) is 4.16. The molecule has 1 aliphatic heterocycles. The summed E-state index contributed by atoms with van der Waals surface area (Å²) in [5, 5.41) is 10.6. The fraction of sp³-hybridized carbons (Fsp3) is 0.429. The van der Waals surface area contributed by atoms with Gasteiger partial charge in [0.1, 0.15) is 0 Å². The van der Waals surface area contributed by atoms with Crippen LogP contribution in [0.25, 0.3) is 0 Å². The Morgan fingerprint density at radius 1 is 1.11 bits per heavy atom. The molecule has 1 aliphatic rings. The van der Waals surface area contributed by atoms with Gasteiger partial charge in [-0.15, -0.1) is 11.3 Å². The minimum Gasteiger partial charge on any atom is -0.356 e. The number of hydrogen-bond donors (Lipinski definition) is 3. The first-order valence-corrected chi connectivity index (χ1v) is 10.7. The summed E-state index contributed by atoms with van der Waals surface area (Å²) in [5.74, 6) is 0.474. The zero-order valence-electron chi connectivity index (χ0n) is 16.0. The van der Waals surface area contributed by atoms with Crippen molar-refractivity contribution in [1.29, 1.82) is 0 Å². The van der Waals surface area contributed by atoms with Crippen molar-refractivity contribution in [3.05, 3.63) is 52.7 Å². The van der Waals surface area contributed by atoms with Crippen molar-refractivity contribution in [3.63, 3.8) is 0 Å². The quantitative estimate of drug-likeness (QED) is 0.637. The number of para-hydroxylation sites is 1. The minimum atomic E-state index is -0.296. The van der Waals surface area contributed by atoms with Gasteiger partial charge in [-0.25, -0.2) is 4.79 Å². The van der Waals surface area contributed by atoms with Crippen LogP contribution in [0.2, 0.25) is 0 Å². The van der Waals surface area contributed by atoms with Crippen LogP contribution in [0.15, 0.2) is 47.8 Å². The number of likely N-dealkylation sites (tertiary alicyclic amines) is 1. The monoisotopic (exact) mass is 400 g/mol. The lowest BCUT2D eigenvalue weighted by molar-refractivity contribution is -0.121. The van der Waals surface area contributed by atoms with Crippen molar-refractivity contribution >= 4 is 29.0 Å². The largest absolute Gasteiger partial charge is 0.356 e. The first-order chi connectivity index (χ1) is 13.7. The molecule has 0 aliphatic carbocycles. The number of carbonyl (C=O) groups is 2. The molecule has 2 heterocycles. The van der Waals surface area contributed by atoms with Gasteiger partial charge in [0, 0.05) is 43.2 Å². The smallest absolute Gasteiger partial charge is 0.319 e. The molecule has 2 aromatic rings. The second-order valence-electron chi connectivity index (χ2n) is 7.12. The van der Waals surface area contributed by atoms with E-state index in [1.54, 1.807) is 11.3 Å². The summed E-state index contributed by atoms with van der Waals surface area (Å²) in [7, 11) is 0. The topological polar surface area (TPSA) is 73.5 Å². The van der Waals surface area contributed by atoms with Crippen LogP contribution in [-0.2, 0) is 11.3 Å². The van der Waals surface area contributed by atoms with Gasteiger partial charge in [0.2, 0.25) is 5.91 Å². The molecule has 1 unspecified atom stereocenters. The van der Waals surface area contributed by atoms with Gasteiger partial charge in [0.25, 0.3) is 0 Å². The summed E-state index contributed by atoms with van der Waals surface area (Å²) in [6.07, 6.45) is 2.61. The van der Waals surface area contributed by atoms with Gasteiger partial charge in [-0.2, -0.15) is 0 Å². The molecule has 6 nitrogen and oxygen atoms in total. The van der Waals surface area contributed by atoms with E-state index >= 15 is 0 Å². The fourth-order valence-electron chi connectivity index (χ4n) is 3.42. The number of anilines is 1. The van der Waals surface area contributed by atoms with Gasteiger partial charge in [-0.1, -0.05) is 24.3 Å². The van der Waals surface area contributed by atoms with Crippen molar-refractivity contribution in [2.75, 3.05) is 31.5 Å². The molecule has 1 aromatic carbocycles. The van der Waals surface area contributed by atoms with E-state index in [9.17, 15) is 9.59 Å². The second kappa shape index (κ2) is 10.8. The highest BCUT2D eigenvalue weighted by Crippen LogP contribution is 2.19. The Morgan fingerprint density at radius 2 is 1.96 bits per heavy atom. The van der Waals surface area contributed by atoms with Crippen LogP contribution in [0.1, 0.15) is 24.1 Å². The summed E-state index contributed by atoms with van der Waals surface area (Å²) in [6, 6.07) is 13.2. The Hall–Kier alpha value is -2.38. The summed E-state index contributed by atoms with van der Waals surface area (Å²) in [5.41, 5.74) is 0.730. The third kappa shape index (κ3) is 6.98. The molecule has 3 N–H and O–H groups in total. The van der Waals surface area contributed by atoms with E-state index < -0.39 is 0 Å². The van der Waals surface area contributed by atoms with Gasteiger partial charge < -0.3 is 16.0 Å². The lowest BCUT2D eigenvalue weighted by Gasteiger charge is -2.32. The van der Waals surface area contributed by atoms with E-state index in [0.717, 1.165) is 31.7 Å². The molecule has 0 spiro atoms. The molecule has 0 saturated carbocycles. The number of rotatable bonds is 8. The highest BCUT2D eigenvalue weighted by molar-refractivity contribution is 7.09. The molecule has 1 aromatic heterocycles. The summed E-state index contributed by atoms with van der Waals surface area (Å²) >= 11 is 1.80. The van der Waals surface area contributed by atoms with Crippen LogP contribution < -0.4 is 16.0 Å². The molecule has 28 heavy (non-hydrogen) atoms. The van der Waals surface area contributed by atoms with Crippen LogP contribution >= 0.6 is 11.3 Å².